The fourth-order valence-corrected chi connectivity index (χ4v) is 3.75. The lowest BCUT2D eigenvalue weighted by Gasteiger charge is -2.29. The molecule has 1 aliphatic rings. The molecule has 1 heterocycles. The molecule has 1 aliphatic heterocycles. The van der Waals surface area contributed by atoms with E-state index in [-0.39, 0.29) is 15.7 Å². The minimum absolute atomic E-state index is 0.0178. The Bertz CT molecular complexity index is 872. The number of anilines is 2. The lowest BCUT2D eigenvalue weighted by atomic mass is 10.1. The monoisotopic (exact) mass is 425 g/mol. The highest BCUT2D eigenvalue weighted by Gasteiger charge is 2.15. The highest BCUT2D eigenvalue weighted by molar-refractivity contribution is 7.80. The third-order valence-corrected chi connectivity index (χ3v) is 5.12. The molecule has 0 saturated carbocycles. The Hall–Kier alpha value is -1.89. The van der Waals surface area contributed by atoms with Crippen LogP contribution < -0.4 is 15.5 Å². The van der Waals surface area contributed by atoms with Crippen LogP contribution in [0.15, 0.2) is 36.4 Å². The molecule has 27 heavy (non-hydrogen) atoms. The lowest BCUT2D eigenvalue weighted by molar-refractivity contribution is 0.0978. The van der Waals surface area contributed by atoms with Gasteiger partial charge in [-0.15, -0.1) is 0 Å². The molecule has 1 fully saturated rings. The molecule has 142 valence electrons. The van der Waals surface area contributed by atoms with Gasteiger partial charge in [-0.2, -0.15) is 0 Å². The number of carbonyl (C=O) groups excluding carboxylic acids is 1. The van der Waals surface area contributed by atoms with Gasteiger partial charge in [0.25, 0.3) is 5.91 Å². The van der Waals surface area contributed by atoms with E-state index in [1.165, 1.54) is 25.3 Å². The van der Waals surface area contributed by atoms with Crippen LogP contribution in [-0.2, 0) is 0 Å². The lowest BCUT2D eigenvalue weighted by Crippen LogP contribution is -2.34. The van der Waals surface area contributed by atoms with E-state index in [9.17, 15) is 9.18 Å². The normalized spacial score (nSPS) is 14.0. The molecular formula is C19H18Cl2FN3OS. The zero-order valence-electron chi connectivity index (χ0n) is 14.4. The summed E-state index contributed by atoms with van der Waals surface area (Å²) in [6.07, 6.45) is 3.58. The second-order valence-electron chi connectivity index (χ2n) is 6.25. The van der Waals surface area contributed by atoms with Crippen LogP contribution in [-0.4, -0.2) is 24.1 Å². The summed E-state index contributed by atoms with van der Waals surface area (Å²) in [4.78, 5) is 14.5. The summed E-state index contributed by atoms with van der Waals surface area (Å²) in [6, 6.07) is 9.12. The van der Waals surface area contributed by atoms with E-state index in [1.54, 1.807) is 6.07 Å². The predicted octanol–water partition coefficient (Wildman–Crippen LogP) is 5.25. The standard InChI is InChI=1S/C19H18Cl2FN3OS/c20-15-10-12(22)4-6-14(15)18(26)24-19(27)23-13-5-7-17(16(21)11-13)25-8-2-1-3-9-25/h4-7,10-11H,1-3,8-9H2,(H2,23,24,26,27). The van der Waals surface area contributed by atoms with Gasteiger partial charge in [-0.25, -0.2) is 4.39 Å². The molecule has 0 aliphatic carbocycles. The quantitative estimate of drug-likeness (QED) is 0.659. The number of hydrogen-bond donors (Lipinski definition) is 2. The van der Waals surface area contributed by atoms with Crippen molar-refractivity contribution in [1.82, 2.24) is 5.32 Å². The van der Waals surface area contributed by atoms with Crippen molar-refractivity contribution < 1.29 is 9.18 Å². The van der Waals surface area contributed by atoms with Crippen molar-refractivity contribution in [1.29, 1.82) is 0 Å². The highest BCUT2D eigenvalue weighted by Crippen LogP contribution is 2.30. The topological polar surface area (TPSA) is 44.4 Å². The number of rotatable bonds is 3. The van der Waals surface area contributed by atoms with Crippen molar-refractivity contribution in [3.63, 3.8) is 0 Å². The zero-order valence-corrected chi connectivity index (χ0v) is 16.7. The SMILES string of the molecule is O=C(NC(=S)Nc1ccc(N2CCCCC2)c(Cl)c1)c1ccc(F)cc1Cl. The second-order valence-corrected chi connectivity index (χ2v) is 7.47. The molecule has 0 unspecified atom stereocenters. The van der Waals surface area contributed by atoms with Crippen LogP contribution in [0.3, 0.4) is 0 Å². The van der Waals surface area contributed by atoms with Gasteiger partial charge in [0, 0.05) is 18.8 Å². The van der Waals surface area contributed by atoms with Gasteiger partial charge in [-0.1, -0.05) is 23.2 Å². The van der Waals surface area contributed by atoms with Crippen LogP contribution in [0.25, 0.3) is 0 Å². The Morgan fingerprint density at radius 2 is 1.78 bits per heavy atom. The maximum absolute atomic E-state index is 13.1. The largest absolute Gasteiger partial charge is 0.370 e. The fourth-order valence-electron chi connectivity index (χ4n) is 2.98. The van der Waals surface area contributed by atoms with Crippen LogP contribution in [0, 0.1) is 5.82 Å². The first-order valence-electron chi connectivity index (χ1n) is 8.56. The minimum Gasteiger partial charge on any atom is -0.370 e. The summed E-state index contributed by atoms with van der Waals surface area (Å²) in [7, 11) is 0. The van der Waals surface area contributed by atoms with Crippen LogP contribution in [0.5, 0.6) is 0 Å². The first-order chi connectivity index (χ1) is 12.9. The number of hydrogen-bond acceptors (Lipinski definition) is 3. The molecule has 0 spiro atoms. The number of thiocarbonyl (C=S) groups is 1. The highest BCUT2D eigenvalue weighted by atomic mass is 35.5. The molecule has 0 atom stereocenters. The van der Waals surface area contributed by atoms with E-state index in [2.05, 4.69) is 15.5 Å². The molecule has 3 rings (SSSR count). The molecule has 2 aromatic carbocycles. The molecular weight excluding hydrogens is 408 g/mol. The van der Waals surface area contributed by atoms with Crippen molar-refractivity contribution in [2.45, 2.75) is 19.3 Å². The van der Waals surface area contributed by atoms with Gasteiger partial charge in [0.05, 0.1) is 21.3 Å². The van der Waals surface area contributed by atoms with Gasteiger partial charge < -0.3 is 10.2 Å². The van der Waals surface area contributed by atoms with Crippen molar-refractivity contribution in [3.8, 4) is 0 Å². The van der Waals surface area contributed by atoms with Gasteiger partial charge >= 0.3 is 0 Å². The minimum atomic E-state index is -0.520. The van der Waals surface area contributed by atoms with E-state index in [0.29, 0.717) is 10.7 Å². The van der Waals surface area contributed by atoms with Crippen molar-refractivity contribution in [3.05, 3.63) is 57.8 Å². The van der Waals surface area contributed by atoms with Crippen LogP contribution in [0.2, 0.25) is 10.0 Å². The molecule has 0 aromatic heterocycles. The first kappa shape index (κ1) is 19.9. The molecule has 8 heteroatoms. The van der Waals surface area contributed by atoms with Crippen molar-refractivity contribution in [2.24, 2.45) is 0 Å². The molecule has 2 aromatic rings. The van der Waals surface area contributed by atoms with Gasteiger partial charge in [0.2, 0.25) is 0 Å². The molecule has 0 radical (unpaired) electrons. The van der Waals surface area contributed by atoms with E-state index >= 15 is 0 Å². The molecule has 1 saturated heterocycles. The molecule has 4 nitrogen and oxygen atoms in total. The van der Waals surface area contributed by atoms with Gasteiger partial charge in [0.15, 0.2) is 5.11 Å². The van der Waals surface area contributed by atoms with Gasteiger partial charge in [-0.05, 0) is 67.9 Å². The Morgan fingerprint density at radius 1 is 1.04 bits per heavy atom. The smallest absolute Gasteiger partial charge is 0.258 e. The zero-order chi connectivity index (χ0) is 19.4. The van der Waals surface area contributed by atoms with Crippen molar-refractivity contribution >= 4 is 57.8 Å². The maximum atomic E-state index is 13.1. The van der Waals surface area contributed by atoms with E-state index < -0.39 is 11.7 Å². The maximum Gasteiger partial charge on any atom is 0.258 e. The summed E-state index contributed by atoms with van der Waals surface area (Å²) < 4.78 is 13.1. The number of halogens is 3. The molecule has 1 amide bonds. The summed E-state index contributed by atoms with van der Waals surface area (Å²) in [5, 5.41) is 6.19. The molecule has 0 bridgehead atoms. The van der Waals surface area contributed by atoms with E-state index in [4.69, 9.17) is 35.4 Å². The van der Waals surface area contributed by atoms with Crippen LogP contribution in [0.4, 0.5) is 15.8 Å². The Kier molecular flexibility index (Phi) is 6.52. The Balaban J connectivity index is 1.63. The third kappa shape index (κ3) is 5.09. The first-order valence-corrected chi connectivity index (χ1v) is 9.72. The summed E-state index contributed by atoms with van der Waals surface area (Å²) in [5.74, 6) is -1.03. The van der Waals surface area contributed by atoms with Crippen LogP contribution >= 0.6 is 35.4 Å². The number of carbonyl (C=O) groups is 1. The fraction of sp³-hybridized carbons (Fsp3) is 0.263. The Labute approximate surface area is 172 Å². The average molecular weight is 426 g/mol. The number of piperidine rings is 1. The van der Waals surface area contributed by atoms with Crippen LogP contribution in [0.1, 0.15) is 29.6 Å². The second kappa shape index (κ2) is 8.87. The van der Waals surface area contributed by atoms with Gasteiger partial charge in [-0.3, -0.25) is 10.1 Å². The van der Waals surface area contributed by atoms with E-state index in [1.807, 2.05) is 12.1 Å². The molecule has 2 N–H and O–H groups in total. The summed E-state index contributed by atoms with van der Waals surface area (Å²) >= 11 is 17.5. The number of nitrogens with one attached hydrogen (secondary N) is 2. The summed E-state index contributed by atoms with van der Waals surface area (Å²) in [6.45, 7) is 2.00. The number of nitrogens with zero attached hydrogens (tertiary/aromatic N) is 1. The number of amides is 1. The summed E-state index contributed by atoms with van der Waals surface area (Å²) in [5.41, 5.74) is 1.80. The third-order valence-electron chi connectivity index (χ3n) is 4.31. The van der Waals surface area contributed by atoms with E-state index in [0.717, 1.165) is 30.9 Å². The number of benzene rings is 2. The predicted molar refractivity (Wildman–Crippen MR) is 113 cm³/mol. The van der Waals surface area contributed by atoms with Crippen molar-refractivity contribution in [2.75, 3.05) is 23.3 Å². The Morgan fingerprint density at radius 3 is 2.44 bits per heavy atom. The average Bonchev–Trinajstić information content (AvgIpc) is 2.62. The van der Waals surface area contributed by atoms with Gasteiger partial charge in [0.1, 0.15) is 5.82 Å².